The molecule has 0 amide bonds. The van der Waals surface area contributed by atoms with Crippen molar-refractivity contribution in [2.45, 2.75) is 106 Å². The van der Waals surface area contributed by atoms with E-state index in [0.29, 0.717) is 5.92 Å². The molecule has 12 aromatic rings. The minimum atomic E-state index is -0.0538. The highest BCUT2D eigenvalue weighted by Crippen LogP contribution is 2.53. The van der Waals surface area contributed by atoms with E-state index < -0.39 is 0 Å². The lowest BCUT2D eigenvalue weighted by Gasteiger charge is -2.28. The van der Waals surface area contributed by atoms with Crippen molar-refractivity contribution in [2.24, 2.45) is 11.3 Å². The van der Waals surface area contributed by atoms with Crippen molar-refractivity contribution >= 4 is 121 Å². The van der Waals surface area contributed by atoms with Crippen LogP contribution < -0.4 is 10.6 Å². The quantitative estimate of drug-likeness (QED) is 0.149. The molecular formula is C60H56N2O. The fourth-order valence-corrected chi connectivity index (χ4v) is 11.8. The van der Waals surface area contributed by atoms with Crippen molar-refractivity contribution < 1.29 is 4.42 Å². The summed E-state index contributed by atoms with van der Waals surface area (Å²) in [5.41, 5.74) is 12.5. The van der Waals surface area contributed by atoms with Crippen LogP contribution >= 0.6 is 0 Å². The Kier molecular flexibility index (Phi) is 6.87. The molecule has 0 spiro atoms. The third-order valence-corrected chi connectivity index (χ3v) is 15.4. The molecule has 63 heavy (non-hydrogen) atoms. The van der Waals surface area contributed by atoms with Crippen LogP contribution in [0.25, 0.3) is 121 Å². The summed E-state index contributed by atoms with van der Waals surface area (Å²) in [7, 11) is 0. The fraction of sp³-hybridized carbons (Fsp3) is 0.300. The Labute approximate surface area is 367 Å². The van der Waals surface area contributed by atoms with E-state index in [1.165, 1.54) is 125 Å². The average molecular weight is 821 g/mol. The number of aromatic nitrogens is 2. The van der Waals surface area contributed by atoms with Crippen molar-refractivity contribution in [2.75, 3.05) is 0 Å². The molecule has 7 aromatic carbocycles. The van der Waals surface area contributed by atoms with E-state index in [0.717, 1.165) is 17.6 Å². The topological polar surface area (TPSA) is 22.0 Å². The lowest BCUT2D eigenvalue weighted by atomic mass is 9.77. The van der Waals surface area contributed by atoms with Gasteiger partial charge in [0.15, 0.2) is 0 Å². The summed E-state index contributed by atoms with van der Waals surface area (Å²) in [6.45, 7) is 28.2. The lowest BCUT2D eigenvalue weighted by Crippen LogP contribution is -2.33. The highest BCUT2D eigenvalue weighted by Gasteiger charge is 2.32. The van der Waals surface area contributed by atoms with E-state index in [1.54, 1.807) is 0 Å². The van der Waals surface area contributed by atoms with Crippen molar-refractivity contribution in [1.29, 1.82) is 0 Å². The van der Waals surface area contributed by atoms with Gasteiger partial charge in [0.1, 0.15) is 11.2 Å². The van der Waals surface area contributed by atoms with Crippen LogP contribution in [0, 0.1) is 11.3 Å². The van der Waals surface area contributed by atoms with Crippen LogP contribution in [0.3, 0.4) is 0 Å². The van der Waals surface area contributed by atoms with Crippen LogP contribution in [-0.4, -0.2) is 8.80 Å². The Morgan fingerprint density at radius 1 is 0.444 bits per heavy atom. The maximum absolute atomic E-state index is 7.81. The van der Waals surface area contributed by atoms with Crippen LogP contribution in [0.4, 0.5) is 0 Å². The van der Waals surface area contributed by atoms with E-state index in [9.17, 15) is 0 Å². The monoisotopic (exact) mass is 820 g/mol. The SMILES string of the molecule is CC(C)(C)c1cc2c3c(n4c2c(c1)c1c2oc5c(c6ccccc6c6c5c5cc(C(C)(C)C)cc7c8cc(C(C)(C)C)ccc8n6c75)c2c2ccccc2c14)=CCC(C(C)(C)C)C=3. The Bertz CT molecular complexity index is 4130. The maximum atomic E-state index is 7.81. The maximum Gasteiger partial charge on any atom is 0.146 e. The van der Waals surface area contributed by atoms with Crippen LogP contribution in [0.15, 0.2) is 95.4 Å². The Balaban J connectivity index is 1.31. The van der Waals surface area contributed by atoms with Gasteiger partial charge < -0.3 is 13.2 Å². The van der Waals surface area contributed by atoms with Gasteiger partial charge in [-0.2, -0.15) is 0 Å². The third kappa shape index (κ3) is 4.71. The van der Waals surface area contributed by atoms with Crippen LogP contribution in [0.5, 0.6) is 0 Å². The number of furan rings is 1. The van der Waals surface area contributed by atoms with Gasteiger partial charge in [-0.05, 0) is 97.9 Å². The number of hydrogen-bond donors (Lipinski definition) is 0. The van der Waals surface area contributed by atoms with Crippen molar-refractivity contribution in [1.82, 2.24) is 8.80 Å². The normalized spacial score (nSPS) is 16.0. The largest absolute Gasteiger partial charge is 0.455 e. The van der Waals surface area contributed by atoms with Gasteiger partial charge in [-0.15, -0.1) is 0 Å². The lowest BCUT2D eigenvalue weighted by molar-refractivity contribution is 0.314. The summed E-state index contributed by atoms with van der Waals surface area (Å²) >= 11 is 0. The second-order valence-corrected chi connectivity index (χ2v) is 23.4. The zero-order chi connectivity index (χ0) is 43.6. The molecule has 0 aliphatic heterocycles. The molecule has 1 atom stereocenters. The molecule has 3 nitrogen and oxygen atoms in total. The van der Waals surface area contributed by atoms with Gasteiger partial charge in [0.05, 0.1) is 38.4 Å². The van der Waals surface area contributed by atoms with E-state index in [4.69, 9.17) is 4.42 Å². The fourth-order valence-electron chi connectivity index (χ4n) is 11.8. The molecule has 1 aliphatic rings. The van der Waals surface area contributed by atoms with Crippen LogP contribution in [0.1, 0.15) is 106 Å². The van der Waals surface area contributed by atoms with Gasteiger partial charge in [-0.3, -0.25) is 0 Å². The molecule has 1 unspecified atom stereocenters. The first kappa shape index (κ1) is 37.5. The molecule has 0 radical (unpaired) electrons. The smallest absolute Gasteiger partial charge is 0.146 e. The van der Waals surface area contributed by atoms with Gasteiger partial charge in [0.2, 0.25) is 0 Å². The molecule has 312 valence electrons. The molecule has 0 fully saturated rings. The second-order valence-electron chi connectivity index (χ2n) is 23.4. The van der Waals surface area contributed by atoms with Crippen molar-refractivity contribution in [3.63, 3.8) is 0 Å². The number of hydrogen-bond acceptors (Lipinski definition) is 1. The summed E-state index contributed by atoms with van der Waals surface area (Å²) < 4.78 is 13.0. The van der Waals surface area contributed by atoms with Crippen LogP contribution in [-0.2, 0) is 16.2 Å². The third-order valence-electron chi connectivity index (χ3n) is 15.4. The van der Waals surface area contributed by atoms with Crippen molar-refractivity contribution in [3.8, 4) is 0 Å². The number of rotatable bonds is 0. The van der Waals surface area contributed by atoms with E-state index in [1.807, 2.05) is 0 Å². The number of fused-ring (bicyclic) bond motifs is 23. The molecule has 3 heteroatoms. The van der Waals surface area contributed by atoms with Gasteiger partial charge in [0, 0.05) is 59.0 Å². The highest BCUT2D eigenvalue weighted by atomic mass is 16.3. The first-order valence-electron chi connectivity index (χ1n) is 23.2. The zero-order valence-corrected chi connectivity index (χ0v) is 38.9. The minimum Gasteiger partial charge on any atom is -0.455 e. The van der Waals surface area contributed by atoms with E-state index in [2.05, 4.69) is 195 Å². The zero-order valence-electron chi connectivity index (χ0n) is 38.9. The summed E-state index contributed by atoms with van der Waals surface area (Å²) in [5.74, 6) is 0.468. The summed E-state index contributed by atoms with van der Waals surface area (Å²) in [6.07, 6.45) is 6.17. The van der Waals surface area contributed by atoms with Gasteiger partial charge in [0.25, 0.3) is 0 Å². The Morgan fingerprint density at radius 2 is 0.921 bits per heavy atom. The van der Waals surface area contributed by atoms with Gasteiger partial charge in [-0.1, -0.05) is 150 Å². The van der Waals surface area contributed by atoms with Gasteiger partial charge >= 0.3 is 0 Å². The molecule has 5 heterocycles. The van der Waals surface area contributed by atoms with Gasteiger partial charge in [-0.25, -0.2) is 0 Å². The van der Waals surface area contributed by atoms with Crippen LogP contribution in [0.2, 0.25) is 0 Å². The molecule has 0 saturated heterocycles. The minimum absolute atomic E-state index is 0.0363. The molecule has 0 saturated carbocycles. The summed E-state index contributed by atoms with van der Waals surface area (Å²) in [6, 6.07) is 35.5. The molecular weight excluding hydrogens is 765 g/mol. The molecule has 13 rings (SSSR count). The Morgan fingerprint density at radius 3 is 1.46 bits per heavy atom. The van der Waals surface area contributed by atoms with E-state index in [-0.39, 0.29) is 21.7 Å². The second kappa shape index (κ2) is 11.5. The summed E-state index contributed by atoms with van der Waals surface area (Å²) in [4.78, 5) is 0. The molecule has 1 aliphatic carbocycles. The van der Waals surface area contributed by atoms with Crippen molar-refractivity contribution in [3.05, 3.63) is 118 Å². The first-order chi connectivity index (χ1) is 29.8. The highest BCUT2D eigenvalue weighted by molar-refractivity contribution is 6.43. The molecule has 0 N–H and O–H groups in total. The molecule has 5 aromatic heterocycles. The van der Waals surface area contributed by atoms with E-state index >= 15 is 0 Å². The molecule has 0 bridgehead atoms. The predicted octanol–water partition coefficient (Wildman–Crippen LogP) is 15.6. The average Bonchev–Trinajstić information content (AvgIpc) is 4.03. The first-order valence-corrected chi connectivity index (χ1v) is 23.2. The standard InChI is InChI=1S/C60H56N2O/c1-57(2,3)31-21-23-45-39(25-31)41-27-33(59(7,8)9)29-43-49-53(61(45)51(41)43)37-19-15-13-17-35(37)47-48-36-18-14-16-20-38(36)54-50(56(48)63-55(47)49)44-30-34(60(10,11)12)28-42-40-26-32(58(4,5)6)22-24-46(40)62(54)52(42)44/h13-21,23-30,32H,22H2,1-12H3. The Hall–Kier alpha value is -6.06. The predicted molar refractivity (Wildman–Crippen MR) is 272 cm³/mol. The summed E-state index contributed by atoms with van der Waals surface area (Å²) in [5, 5.41) is 19.2. The number of nitrogens with zero attached hydrogens (tertiary/aromatic N) is 2. The number of benzene rings is 7.